The first-order valence-electron chi connectivity index (χ1n) is 5.85. The monoisotopic (exact) mass is 313 g/mol. The van der Waals surface area contributed by atoms with Crippen molar-refractivity contribution in [1.82, 2.24) is 9.88 Å². The molecule has 4 nitrogen and oxygen atoms in total. The number of aromatic nitrogens is 1. The Kier molecular flexibility index (Phi) is 4.69. The maximum absolute atomic E-state index is 13.7. The molecule has 0 atom stereocenters. The molecular weight excluding hydrogens is 301 g/mol. The Morgan fingerprint density at radius 3 is 2.90 bits per heavy atom. The predicted molar refractivity (Wildman–Crippen MR) is 77.2 cm³/mol. The van der Waals surface area contributed by atoms with Crippen molar-refractivity contribution < 1.29 is 9.18 Å². The summed E-state index contributed by atoms with van der Waals surface area (Å²) in [6, 6.07) is 4.43. The second-order valence-electron chi connectivity index (χ2n) is 4.19. The average molecular weight is 314 g/mol. The zero-order chi connectivity index (χ0) is 14.7. The van der Waals surface area contributed by atoms with E-state index in [2.05, 4.69) is 4.98 Å². The molecule has 0 fully saturated rings. The molecule has 20 heavy (non-hydrogen) atoms. The van der Waals surface area contributed by atoms with Crippen molar-refractivity contribution in [1.29, 1.82) is 0 Å². The minimum atomic E-state index is -0.432. The topological polar surface area (TPSA) is 59.2 Å². The molecule has 1 heterocycles. The van der Waals surface area contributed by atoms with Crippen molar-refractivity contribution in [3.63, 3.8) is 0 Å². The van der Waals surface area contributed by atoms with E-state index in [9.17, 15) is 9.18 Å². The zero-order valence-corrected chi connectivity index (χ0v) is 12.3. The van der Waals surface area contributed by atoms with Crippen molar-refractivity contribution in [3.8, 4) is 0 Å². The Morgan fingerprint density at radius 1 is 1.55 bits per heavy atom. The molecule has 1 aromatic carbocycles. The van der Waals surface area contributed by atoms with Gasteiger partial charge < -0.3 is 10.6 Å². The van der Waals surface area contributed by atoms with Gasteiger partial charge in [0, 0.05) is 29.6 Å². The summed E-state index contributed by atoms with van der Waals surface area (Å²) in [5, 5.41) is 2.63. The fourth-order valence-corrected chi connectivity index (χ4v) is 2.56. The highest BCUT2D eigenvalue weighted by atomic mass is 35.5. The third-order valence-corrected chi connectivity index (χ3v) is 3.97. The van der Waals surface area contributed by atoms with Gasteiger partial charge in [0.1, 0.15) is 16.5 Å². The second-order valence-corrected chi connectivity index (χ2v) is 5.54. The van der Waals surface area contributed by atoms with E-state index in [-0.39, 0.29) is 12.5 Å². The van der Waals surface area contributed by atoms with Gasteiger partial charge >= 0.3 is 0 Å². The van der Waals surface area contributed by atoms with Gasteiger partial charge in [-0.3, -0.25) is 4.79 Å². The summed E-state index contributed by atoms with van der Waals surface area (Å²) >= 11 is 7.27. The van der Waals surface area contributed by atoms with Crippen molar-refractivity contribution >= 4 is 28.8 Å². The van der Waals surface area contributed by atoms with Gasteiger partial charge in [-0.05, 0) is 12.1 Å². The van der Waals surface area contributed by atoms with Crippen LogP contribution in [-0.2, 0) is 13.1 Å². The van der Waals surface area contributed by atoms with Gasteiger partial charge in [-0.15, -0.1) is 11.3 Å². The molecule has 1 aromatic heterocycles. The lowest BCUT2D eigenvalue weighted by Gasteiger charge is -2.17. The predicted octanol–water partition coefficient (Wildman–Crippen LogP) is 2.67. The van der Waals surface area contributed by atoms with Crippen LogP contribution in [0.3, 0.4) is 0 Å². The first-order chi connectivity index (χ1) is 9.52. The number of halogens is 2. The largest absolute Gasteiger partial charge is 0.336 e. The lowest BCUT2D eigenvalue weighted by molar-refractivity contribution is 0.0778. The van der Waals surface area contributed by atoms with Crippen molar-refractivity contribution in [2.45, 2.75) is 13.1 Å². The van der Waals surface area contributed by atoms with Gasteiger partial charge in [0.25, 0.3) is 5.91 Å². The molecule has 0 saturated carbocycles. The second kappa shape index (κ2) is 6.30. The highest BCUT2D eigenvalue weighted by molar-refractivity contribution is 7.09. The smallest absolute Gasteiger partial charge is 0.273 e. The molecule has 0 unspecified atom stereocenters. The van der Waals surface area contributed by atoms with E-state index in [0.717, 1.165) is 0 Å². The number of nitrogens with zero attached hydrogens (tertiary/aromatic N) is 2. The number of rotatable bonds is 4. The maximum atomic E-state index is 13.7. The van der Waals surface area contributed by atoms with Crippen molar-refractivity contribution in [2.75, 3.05) is 7.05 Å². The zero-order valence-electron chi connectivity index (χ0n) is 10.8. The number of carbonyl (C=O) groups is 1. The van der Waals surface area contributed by atoms with Crippen LogP contribution in [0.2, 0.25) is 5.02 Å². The van der Waals surface area contributed by atoms with Crippen LogP contribution in [0.25, 0.3) is 0 Å². The van der Waals surface area contributed by atoms with E-state index in [0.29, 0.717) is 27.8 Å². The maximum Gasteiger partial charge on any atom is 0.273 e. The number of nitrogens with two attached hydrogens (primary N) is 1. The summed E-state index contributed by atoms with van der Waals surface area (Å²) in [4.78, 5) is 17.7. The molecule has 0 bridgehead atoms. The third-order valence-electron chi connectivity index (χ3n) is 2.75. The summed E-state index contributed by atoms with van der Waals surface area (Å²) in [6.45, 7) is 0.376. The van der Waals surface area contributed by atoms with E-state index in [4.69, 9.17) is 17.3 Å². The Labute approximate surface area is 125 Å². The Hall–Kier alpha value is -1.50. The van der Waals surface area contributed by atoms with Gasteiger partial charge in [-0.1, -0.05) is 17.7 Å². The minimum Gasteiger partial charge on any atom is -0.336 e. The summed E-state index contributed by atoms with van der Waals surface area (Å²) in [7, 11) is 1.58. The molecule has 0 aliphatic heterocycles. The molecule has 0 saturated heterocycles. The summed E-state index contributed by atoms with van der Waals surface area (Å²) in [5.41, 5.74) is 6.06. The number of benzene rings is 1. The van der Waals surface area contributed by atoms with Crippen LogP contribution in [0.4, 0.5) is 4.39 Å². The number of thiazole rings is 1. The van der Waals surface area contributed by atoms with E-state index in [1.807, 2.05) is 0 Å². The molecule has 2 aromatic rings. The van der Waals surface area contributed by atoms with Crippen LogP contribution in [0.1, 0.15) is 21.1 Å². The average Bonchev–Trinajstić information content (AvgIpc) is 2.90. The van der Waals surface area contributed by atoms with Gasteiger partial charge in [-0.25, -0.2) is 9.37 Å². The summed E-state index contributed by atoms with van der Waals surface area (Å²) < 4.78 is 13.7. The van der Waals surface area contributed by atoms with Crippen molar-refractivity contribution in [3.05, 3.63) is 50.7 Å². The van der Waals surface area contributed by atoms with Crippen LogP contribution in [0, 0.1) is 5.82 Å². The first-order valence-corrected chi connectivity index (χ1v) is 7.11. The van der Waals surface area contributed by atoms with Crippen LogP contribution in [0.5, 0.6) is 0 Å². The molecule has 0 spiro atoms. The molecule has 1 amide bonds. The molecule has 2 rings (SSSR count). The lowest BCUT2D eigenvalue weighted by atomic mass is 10.2. The number of hydrogen-bond acceptors (Lipinski definition) is 4. The SMILES string of the molecule is CN(Cc1c(F)cccc1Cl)C(=O)c1csc(CN)n1. The van der Waals surface area contributed by atoms with Crippen LogP contribution < -0.4 is 5.73 Å². The van der Waals surface area contributed by atoms with Crippen LogP contribution in [0.15, 0.2) is 23.6 Å². The number of carbonyl (C=O) groups excluding carboxylic acids is 1. The van der Waals surface area contributed by atoms with E-state index < -0.39 is 5.82 Å². The third kappa shape index (κ3) is 3.15. The standard InChI is InChI=1S/C13H13ClFN3OS/c1-18(6-8-9(14)3-2-4-10(8)15)13(19)11-7-20-12(5-16)17-11/h2-4,7H,5-6,16H2,1H3. The van der Waals surface area contributed by atoms with E-state index in [1.165, 1.54) is 28.4 Å². The molecular formula is C13H13ClFN3OS. The quantitative estimate of drug-likeness (QED) is 0.944. The Balaban J connectivity index is 2.15. The van der Waals surface area contributed by atoms with Crippen LogP contribution >= 0.6 is 22.9 Å². The van der Waals surface area contributed by atoms with E-state index in [1.54, 1.807) is 18.5 Å². The van der Waals surface area contributed by atoms with Gasteiger partial charge in [0.05, 0.1) is 6.54 Å². The number of amides is 1. The fraction of sp³-hybridized carbons (Fsp3) is 0.231. The summed E-state index contributed by atoms with van der Waals surface area (Å²) in [6.07, 6.45) is 0. The molecule has 0 aliphatic carbocycles. The Morgan fingerprint density at radius 2 is 2.30 bits per heavy atom. The van der Waals surface area contributed by atoms with Gasteiger partial charge in [-0.2, -0.15) is 0 Å². The van der Waals surface area contributed by atoms with Gasteiger partial charge in [0.15, 0.2) is 0 Å². The van der Waals surface area contributed by atoms with Crippen molar-refractivity contribution in [2.24, 2.45) is 5.73 Å². The highest BCUT2D eigenvalue weighted by Crippen LogP contribution is 2.21. The summed E-state index contributed by atoms with van der Waals surface area (Å²) in [5.74, 6) is -0.724. The van der Waals surface area contributed by atoms with E-state index >= 15 is 0 Å². The minimum absolute atomic E-state index is 0.0832. The first kappa shape index (κ1) is 14.9. The number of hydrogen-bond donors (Lipinski definition) is 1. The molecule has 0 radical (unpaired) electrons. The molecule has 2 N–H and O–H groups in total. The highest BCUT2D eigenvalue weighted by Gasteiger charge is 2.18. The van der Waals surface area contributed by atoms with Crippen LogP contribution in [-0.4, -0.2) is 22.8 Å². The molecule has 0 aliphatic rings. The lowest BCUT2D eigenvalue weighted by Crippen LogP contribution is -2.27. The van der Waals surface area contributed by atoms with Gasteiger partial charge in [0.2, 0.25) is 0 Å². The molecule has 106 valence electrons. The molecule has 7 heteroatoms. The normalized spacial score (nSPS) is 10.6. The Bertz CT molecular complexity index is 612. The fourth-order valence-electron chi connectivity index (χ4n) is 1.69.